The van der Waals surface area contributed by atoms with Gasteiger partial charge in [0.15, 0.2) is 11.5 Å². The SMILES string of the molecule is CSCc1ccc(C(=O)Nc2nnc(CCC(=O)c3ccccc3)s2)o1. The van der Waals surface area contributed by atoms with Gasteiger partial charge in [0.2, 0.25) is 5.13 Å². The lowest BCUT2D eigenvalue weighted by atomic mass is 10.1. The number of carbonyl (C=O) groups is 2. The van der Waals surface area contributed by atoms with Crippen LogP contribution >= 0.6 is 23.1 Å². The Morgan fingerprint density at radius 3 is 2.73 bits per heavy atom. The summed E-state index contributed by atoms with van der Waals surface area (Å²) >= 11 is 2.88. The van der Waals surface area contributed by atoms with Crippen molar-refractivity contribution in [2.75, 3.05) is 11.6 Å². The first-order valence-electron chi connectivity index (χ1n) is 7.95. The van der Waals surface area contributed by atoms with E-state index in [1.807, 2.05) is 24.5 Å². The maximum Gasteiger partial charge on any atom is 0.293 e. The number of nitrogens with one attached hydrogen (secondary N) is 1. The molecule has 0 aliphatic heterocycles. The van der Waals surface area contributed by atoms with Crippen LogP contribution in [0.4, 0.5) is 5.13 Å². The number of nitrogens with zero attached hydrogens (tertiary/aromatic N) is 2. The molecule has 1 amide bonds. The number of benzene rings is 1. The van der Waals surface area contributed by atoms with Crippen molar-refractivity contribution in [3.8, 4) is 0 Å². The van der Waals surface area contributed by atoms with Gasteiger partial charge in [0.25, 0.3) is 5.91 Å². The predicted octanol–water partition coefficient (Wildman–Crippen LogP) is 4.06. The zero-order chi connectivity index (χ0) is 18.4. The van der Waals surface area contributed by atoms with Gasteiger partial charge in [-0.25, -0.2) is 0 Å². The molecule has 0 bridgehead atoms. The van der Waals surface area contributed by atoms with Gasteiger partial charge < -0.3 is 4.42 Å². The fourth-order valence-corrected chi connectivity index (χ4v) is 3.45. The summed E-state index contributed by atoms with van der Waals surface area (Å²) in [6, 6.07) is 12.6. The molecule has 1 N–H and O–H groups in total. The normalized spacial score (nSPS) is 10.7. The maximum absolute atomic E-state index is 12.2. The number of aryl methyl sites for hydroxylation is 1. The molecule has 3 aromatic rings. The van der Waals surface area contributed by atoms with Gasteiger partial charge in [-0.3, -0.25) is 14.9 Å². The molecule has 6 nitrogen and oxygen atoms in total. The quantitative estimate of drug-likeness (QED) is 0.587. The van der Waals surface area contributed by atoms with Gasteiger partial charge in [-0.05, 0) is 18.4 Å². The van der Waals surface area contributed by atoms with Crippen LogP contribution in [0.3, 0.4) is 0 Å². The van der Waals surface area contributed by atoms with Crippen molar-refractivity contribution >= 4 is 39.9 Å². The molecule has 0 aliphatic rings. The molecule has 0 aliphatic carbocycles. The molecule has 8 heteroatoms. The lowest BCUT2D eigenvalue weighted by molar-refractivity contribution is 0.0979. The fourth-order valence-electron chi connectivity index (χ4n) is 2.27. The molecule has 0 unspecified atom stereocenters. The molecule has 0 saturated carbocycles. The Balaban J connectivity index is 1.54. The van der Waals surface area contributed by atoms with Crippen LogP contribution in [-0.2, 0) is 12.2 Å². The van der Waals surface area contributed by atoms with Crippen molar-refractivity contribution in [3.63, 3.8) is 0 Å². The van der Waals surface area contributed by atoms with Gasteiger partial charge in [-0.2, -0.15) is 11.8 Å². The Bertz CT molecular complexity index is 890. The van der Waals surface area contributed by atoms with Crippen LogP contribution in [0.1, 0.15) is 38.1 Å². The molecular formula is C18H17N3O3S2. The Kier molecular flexibility index (Phi) is 6.19. The van der Waals surface area contributed by atoms with E-state index < -0.39 is 0 Å². The third-order valence-corrected chi connectivity index (χ3v) is 4.99. The topological polar surface area (TPSA) is 85.1 Å². The molecule has 3 rings (SSSR count). The Morgan fingerprint density at radius 1 is 1.15 bits per heavy atom. The summed E-state index contributed by atoms with van der Waals surface area (Å²) in [5, 5.41) is 11.7. The minimum absolute atomic E-state index is 0.0586. The highest BCUT2D eigenvalue weighted by atomic mass is 32.2. The average Bonchev–Trinajstić information content (AvgIpc) is 3.30. The highest BCUT2D eigenvalue weighted by Gasteiger charge is 2.15. The first-order valence-corrected chi connectivity index (χ1v) is 10.2. The maximum atomic E-state index is 12.2. The van der Waals surface area contributed by atoms with E-state index in [0.29, 0.717) is 34.3 Å². The molecule has 0 radical (unpaired) electrons. The molecule has 0 atom stereocenters. The summed E-state index contributed by atoms with van der Waals surface area (Å²) in [4.78, 5) is 24.3. The second-order valence-corrected chi connectivity index (χ2v) is 7.37. The number of hydrogen-bond donors (Lipinski definition) is 1. The van der Waals surface area contributed by atoms with Crippen LogP contribution in [0.15, 0.2) is 46.9 Å². The average molecular weight is 387 g/mol. The minimum Gasteiger partial charge on any atom is -0.455 e. The van der Waals surface area contributed by atoms with Crippen molar-refractivity contribution in [1.29, 1.82) is 0 Å². The number of furan rings is 1. The highest BCUT2D eigenvalue weighted by molar-refractivity contribution is 7.97. The standard InChI is InChI=1S/C18H17N3O3S2/c1-25-11-13-7-9-15(24-13)17(23)19-18-21-20-16(26-18)10-8-14(22)12-5-3-2-4-6-12/h2-7,9H,8,10-11H2,1H3,(H,19,21,23). The van der Waals surface area contributed by atoms with E-state index in [0.717, 1.165) is 5.76 Å². The molecule has 26 heavy (non-hydrogen) atoms. The van der Waals surface area contributed by atoms with E-state index >= 15 is 0 Å². The van der Waals surface area contributed by atoms with Crippen LogP contribution in [0.5, 0.6) is 0 Å². The summed E-state index contributed by atoms with van der Waals surface area (Å²) in [7, 11) is 0. The molecule has 0 spiro atoms. The lowest BCUT2D eigenvalue weighted by Crippen LogP contribution is -2.10. The summed E-state index contributed by atoms with van der Waals surface area (Å²) in [5.41, 5.74) is 0.685. The lowest BCUT2D eigenvalue weighted by Gasteiger charge is -1.98. The second kappa shape index (κ2) is 8.77. The second-order valence-electron chi connectivity index (χ2n) is 5.44. The number of amides is 1. The molecule has 2 heterocycles. The van der Waals surface area contributed by atoms with Gasteiger partial charge in [-0.1, -0.05) is 41.7 Å². The van der Waals surface area contributed by atoms with Gasteiger partial charge >= 0.3 is 0 Å². The Hall–Kier alpha value is -2.45. The number of ketones is 1. The number of anilines is 1. The van der Waals surface area contributed by atoms with E-state index in [1.54, 1.807) is 36.0 Å². The van der Waals surface area contributed by atoms with Crippen LogP contribution in [0, 0.1) is 0 Å². The van der Waals surface area contributed by atoms with Crippen molar-refractivity contribution in [2.45, 2.75) is 18.6 Å². The Labute approximate surface area is 159 Å². The van der Waals surface area contributed by atoms with E-state index in [9.17, 15) is 9.59 Å². The van der Waals surface area contributed by atoms with Crippen LogP contribution in [0.25, 0.3) is 0 Å². The third-order valence-electron chi connectivity index (χ3n) is 3.52. The number of rotatable bonds is 8. The van der Waals surface area contributed by atoms with Crippen LogP contribution < -0.4 is 5.32 Å². The number of aromatic nitrogens is 2. The summed E-state index contributed by atoms with van der Waals surface area (Å²) in [5.74, 6) is 1.40. The van der Waals surface area contributed by atoms with E-state index in [2.05, 4.69) is 15.5 Å². The molecular weight excluding hydrogens is 370 g/mol. The van der Waals surface area contributed by atoms with Crippen molar-refractivity contribution in [3.05, 3.63) is 64.6 Å². The van der Waals surface area contributed by atoms with Crippen molar-refractivity contribution < 1.29 is 14.0 Å². The summed E-state index contributed by atoms with van der Waals surface area (Å²) < 4.78 is 5.47. The zero-order valence-electron chi connectivity index (χ0n) is 14.1. The molecule has 2 aromatic heterocycles. The fraction of sp³-hybridized carbons (Fsp3) is 0.222. The molecule has 1 aromatic carbocycles. The smallest absolute Gasteiger partial charge is 0.293 e. The number of carbonyl (C=O) groups excluding carboxylic acids is 2. The third kappa shape index (κ3) is 4.80. The summed E-state index contributed by atoms with van der Waals surface area (Å²) in [6.07, 6.45) is 2.80. The van der Waals surface area contributed by atoms with Gasteiger partial charge in [0.1, 0.15) is 10.8 Å². The first kappa shape index (κ1) is 18.3. The largest absolute Gasteiger partial charge is 0.455 e. The highest BCUT2D eigenvalue weighted by Crippen LogP contribution is 2.20. The van der Waals surface area contributed by atoms with Gasteiger partial charge in [0.05, 0.1) is 5.75 Å². The number of Topliss-reactive ketones (excluding diaryl/α,β-unsaturated/α-hetero) is 1. The van der Waals surface area contributed by atoms with Crippen molar-refractivity contribution in [2.24, 2.45) is 0 Å². The van der Waals surface area contributed by atoms with E-state index in [-0.39, 0.29) is 17.5 Å². The van der Waals surface area contributed by atoms with E-state index in [1.165, 1.54) is 11.3 Å². The van der Waals surface area contributed by atoms with Crippen LogP contribution in [0.2, 0.25) is 0 Å². The van der Waals surface area contributed by atoms with Crippen molar-refractivity contribution in [1.82, 2.24) is 10.2 Å². The monoisotopic (exact) mass is 387 g/mol. The van der Waals surface area contributed by atoms with Gasteiger partial charge in [-0.15, -0.1) is 10.2 Å². The molecule has 134 valence electrons. The van der Waals surface area contributed by atoms with Crippen LogP contribution in [-0.4, -0.2) is 28.1 Å². The number of hydrogen-bond acceptors (Lipinski definition) is 7. The first-order chi connectivity index (χ1) is 12.7. The predicted molar refractivity (Wildman–Crippen MR) is 103 cm³/mol. The zero-order valence-corrected chi connectivity index (χ0v) is 15.7. The number of thioether (sulfide) groups is 1. The molecule has 0 fully saturated rings. The molecule has 0 saturated heterocycles. The van der Waals surface area contributed by atoms with Gasteiger partial charge in [0, 0.05) is 18.4 Å². The Morgan fingerprint density at radius 2 is 1.96 bits per heavy atom. The summed E-state index contributed by atoms with van der Waals surface area (Å²) in [6.45, 7) is 0. The van der Waals surface area contributed by atoms with E-state index in [4.69, 9.17) is 4.42 Å². The minimum atomic E-state index is -0.361.